The van der Waals surface area contributed by atoms with Gasteiger partial charge in [0.1, 0.15) is 6.23 Å². The molecule has 2 fully saturated rings. The molecule has 0 radical (unpaired) electrons. The van der Waals surface area contributed by atoms with Crippen molar-refractivity contribution in [1.29, 1.82) is 0 Å². The number of nitrogens with one attached hydrogen (secondary N) is 2. The lowest BCUT2D eigenvalue weighted by Gasteiger charge is -2.35. The molecule has 11 heteroatoms. The molecule has 0 bridgehead atoms. The van der Waals surface area contributed by atoms with E-state index in [2.05, 4.69) is 15.5 Å². The molecule has 178 valence electrons. The number of rotatable bonds is 7. The first-order valence-corrected chi connectivity index (χ1v) is 12.3. The van der Waals surface area contributed by atoms with Crippen LogP contribution in [0, 0.1) is 13.8 Å². The third-order valence-electron chi connectivity index (χ3n) is 5.55. The molecule has 1 aromatic carbocycles. The van der Waals surface area contributed by atoms with E-state index in [-0.39, 0.29) is 18.0 Å². The number of aryl methyl sites for hydroxylation is 2. The van der Waals surface area contributed by atoms with Crippen molar-refractivity contribution in [2.75, 3.05) is 59.1 Å². The van der Waals surface area contributed by atoms with Gasteiger partial charge in [0.15, 0.2) is 0 Å². The molecule has 0 unspecified atom stereocenters. The molecular weight excluding hydrogens is 436 g/mol. The fraction of sp³-hybridized carbons (Fsp3) is 0.619. The Morgan fingerprint density at radius 1 is 1.06 bits per heavy atom. The van der Waals surface area contributed by atoms with E-state index in [4.69, 9.17) is 9.47 Å². The van der Waals surface area contributed by atoms with Crippen LogP contribution < -0.4 is 10.6 Å². The number of hydrogen-bond acceptors (Lipinski definition) is 7. The molecule has 2 saturated heterocycles. The van der Waals surface area contributed by atoms with Crippen LogP contribution in [0.4, 0.5) is 0 Å². The van der Waals surface area contributed by atoms with Crippen LogP contribution >= 0.6 is 0 Å². The fourth-order valence-electron chi connectivity index (χ4n) is 3.71. The molecular formula is C21H32N4O6S. The predicted molar refractivity (Wildman–Crippen MR) is 117 cm³/mol. The summed E-state index contributed by atoms with van der Waals surface area (Å²) in [5.41, 5.74) is 1.48. The van der Waals surface area contributed by atoms with Gasteiger partial charge in [-0.2, -0.15) is 4.31 Å². The highest BCUT2D eigenvalue weighted by Crippen LogP contribution is 2.25. The minimum absolute atomic E-state index is 0.111. The molecule has 10 nitrogen and oxygen atoms in total. The van der Waals surface area contributed by atoms with Crippen LogP contribution in [-0.2, 0) is 29.1 Å². The van der Waals surface area contributed by atoms with Crippen molar-refractivity contribution in [2.24, 2.45) is 0 Å². The average Bonchev–Trinajstić information content (AvgIpc) is 2.79. The Balaban J connectivity index is 1.55. The van der Waals surface area contributed by atoms with E-state index in [0.717, 1.165) is 18.7 Å². The van der Waals surface area contributed by atoms with Crippen LogP contribution in [0.15, 0.2) is 23.1 Å². The van der Waals surface area contributed by atoms with Gasteiger partial charge in [0.2, 0.25) is 10.0 Å². The summed E-state index contributed by atoms with van der Waals surface area (Å²) in [5, 5.41) is 5.10. The minimum atomic E-state index is -3.82. The summed E-state index contributed by atoms with van der Waals surface area (Å²) in [6.07, 6.45) is -0.324. The zero-order valence-electron chi connectivity index (χ0n) is 18.6. The summed E-state index contributed by atoms with van der Waals surface area (Å²) in [7, 11) is -3.82. The van der Waals surface area contributed by atoms with Gasteiger partial charge in [-0.15, -0.1) is 0 Å². The average molecular weight is 469 g/mol. The lowest BCUT2D eigenvalue weighted by molar-refractivity contribution is -0.140. The van der Waals surface area contributed by atoms with E-state index in [1.165, 1.54) is 4.31 Å². The molecule has 2 aliphatic heterocycles. The monoisotopic (exact) mass is 468 g/mol. The van der Waals surface area contributed by atoms with E-state index in [0.29, 0.717) is 44.9 Å². The molecule has 0 saturated carbocycles. The predicted octanol–water partition coefficient (Wildman–Crippen LogP) is -0.395. The van der Waals surface area contributed by atoms with E-state index in [1.54, 1.807) is 19.1 Å². The number of carbonyl (C=O) groups excluding carboxylic acids is 2. The maximum absolute atomic E-state index is 13.3. The van der Waals surface area contributed by atoms with Crippen LogP contribution in [0.2, 0.25) is 0 Å². The van der Waals surface area contributed by atoms with Gasteiger partial charge >= 0.3 is 11.8 Å². The molecule has 0 spiro atoms. The normalized spacial score (nSPS) is 20.6. The Labute approximate surface area is 189 Å². The molecule has 2 heterocycles. The Bertz CT molecular complexity index is 917. The second-order valence-electron chi connectivity index (χ2n) is 7.98. The first kappa shape index (κ1) is 24.6. The summed E-state index contributed by atoms with van der Waals surface area (Å²) in [6, 6.07) is 5.26. The van der Waals surface area contributed by atoms with E-state index in [9.17, 15) is 18.0 Å². The SMILES string of the molecule is Cc1ccc(C)c(S(=O)(=O)N2CCCO[C@@H]2CNC(=O)C(=O)NCCN2CCOCC2)c1. The number of carbonyl (C=O) groups is 2. The van der Waals surface area contributed by atoms with E-state index < -0.39 is 28.1 Å². The maximum atomic E-state index is 13.3. The van der Waals surface area contributed by atoms with Crippen molar-refractivity contribution in [3.63, 3.8) is 0 Å². The van der Waals surface area contributed by atoms with Gasteiger partial charge in [0.05, 0.1) is 31.3 Å². The van der Waals surface area contributed by atoms with Crippen LogP contribution in [0.1, 0.15) is 17.5 Å². The third kappa shape index (κ3) is 6.26. The smallest absolute Gasteiger partial charge is 0.309 e. The van der Waals surface area contributed by atoms with Gasteiger partial charge in [-0.05, 0) is 37.5 Å². The minimum Gasteiger partial charge on any atom is -0.379 e. The number of hydrogen-bond donors (Lipinski definition) is 2. The zero-order valence-corrected chi connectivity index (χ0v) is 19.4. The highest BCUT2D eigenvalue weighted by molar-refractivity contribution is 7.89. The first-order chi connectivity index (χ1) is 15.3. The summed E-state index contributed by atoms with van der Waals surface area (Å²) in [5.74, 6) is -1.57. The van der Waals surface area contributed by atoms with Crippen molar-refractivity contribution >= 4 is 21.8 Å². The highest BCUT2D eigenvalue weighted by atomic mass is 32.2. The van der Waals surface area contributed by atoms with Crippen LogP contribution in [0.5, 0.6) is 0 Å². The van der Waals surface area contributed by atoms with Crippen LogP contribution in [0.25, 0.3) is 0 Å². The molecule has 1 aromatic rings. The Hall–Kier alpha value is -2.05. The zero-order chi connectivity index (χ0) is 23.1. The number of benzene rings is 1. The second kappa shape index (κ2) is 11.2. The Kier molecular flexibility index (Phi) is 8.60. The Morgan fingerprint density at radius 3 is 2.53 bits per heavy atom. The second-order valence-corrected chi connectivity index (χ2v) is 9.84. The number of ether oxygens (including phenoxy) is 2. The van der Waals surface area contributed by atoms with Gasteiger partial charge in [-0.3, -0.25) is 14.5 Å². The van der Waals surface area contributed by atoms with Gasteiger partial charge in [-0.25, -0.2) is 8.42 Å². The number of nitrogens with zero attached hydrogens (tertiary/aromatic N) is 2. The lowest BCUT2D eigenvalue weighted by Crippen LogP contribution is -2.53. The Morgan fingerprint density at radius 2 is 1.78 bits per heavy atom. The molecule has 2 amide bonds. The molecule has 32 heavy (non-hydrogen) atoms. The molecule has 1 atom stereocenters. The van der Waals surface area contributed by atoms with Crippen molar-refractivity contribution in [3.05, 3.63) is 29.3 Å². The molecule has 0 aromatic heterocycles. The maximum Gasteiger partial charge on any atom is 0.309 e. The van der Waals surface area contributed by atoms with Crippen molar-refractivity contribution in [1.82, 2.24) is 19.8 Å². The third-order valence-corrected chi connectivity index (χ3v) is 7.58. The van der Waals surface area contributed by atoms with Crippen molar-refractivity contribution < 1.29 is 27.5 Å². The molecule has 2 N–H and O–H groups in total. The number of amides is 2. The summed E-state index contributed by atoms with van der Waals surface area (Å²) in [6.45, 7) is 8.03. The van der Waals surface area contributed by atoms with Crippen molar-refractivity contribution in [3.8, 4) is 0 Å². The lowest BCUT2D eigenvalue weighted by atomic mass is 10.2. The van der Waals surface area contributed by atoms with Gasteiger partial charge in [-0.1, -0.05) is 12.1 Å². The quantitative estimate of drug-likeness (QED) is 0.523. The van der Waals surface area contributed by atoms with Crippen LogP contribution in [0.3, 0.4) is 0 Å². The molecule has 3 rings (SSSR count). The summed E-state index contributed by atoms with van der Waals surface area (Å²) >= 11 is 0. The summed E-state index contributed by atoms with van der Waals surface area (Å²) < 4.78 is 38.7. The van der Waals surface area contributed by atoms with E-state index in [1.807, 2.05) is 13.0 Å². The first-order valence-electron chi connectivity index (χ1n) is 10.9. The fourth-order valence-corrected chi connectivity index (χ4v) is 5.58. The van der Waals surface area contributed by atoms with Crippen molar-refractivity contribution in [2.45, 2.75) is 31.4 Å². The molecule has 2 aliphatic rings. The molecule has 0 aliphatic carbocycles. The summed E-state index contributed by atoms with van der Waals surface area (Å²) in [4.78, 5) is 26.7. The topological polar surface area (TPSA) is 117 Å². The highest BCUT2D eigenvalue weighted by Gasteiger charge is 2.35. The van der Waals surface area contributed by atoms with Gasteiger partial charge in [0, 0.05) is 32.7 Å². The largest absolute Gasteiger partial charge is 0.379 e. The van der Waals surface area contributed by atoms with Gasteiger partial charge in [0.25, 0.3) is 0 Å². The van der Waals surface area contributed by atoms with Gasteiger partial charge < -0.3 is 20.1 Å². The van der Waals surface area contributed by atoms with Crippen LogP contribution in [-0.4, -0.2) is 94.8 Å². The van der Waals surface area contributed by atoms with E-state index >= 15 is 0 Å². The number of morpholine rings is 1. The number of sulfonamides is 1. The standard InChI is InChI=1S/C21H32N4O6S/c1-16-4-5-17(2)18(14-16)32(28,29)25-7-3-11-31-19(25)15-23-21(27)20(26)22-6-8-24-9-12-30-13-10-24/h4-5,14,19H,3,6-13,15H2,1-2H3,(H,22,26)(H,23,27)/t19-/m1/s1.